The molecule has 0 radical (unpaired) electrons. The first kappa shape index (κ1) is 13.8. The van der Waals surface area contributed by atoms with Gasteiger partial charge in [-0.05, 0) is 36.8 Å². The summed E-state index contributed by atoms with van der Waals surface area (Å²) >= 11 is 9.33. The Bertz CT molecular complexity index is 646. The van der Waals surface area contributed by atoms with Gasteiger partial charge in [-0.1, -0.05) is 27.5 Å². The lowest BCUT2D eigenvalue weighted by atomic mass is 10.2. The highest BCUT2D eigenvalue weighted by Gasteiger charge is 2.10. The first-order valence-electron chi connectivity index (χ1n) is 5.30. The van der Waals surface area contributed by atoms with Gasteiger partial charge in [0.25, 0.3) is 0 Å². The molecule has 19 heavy (non-hydrogen) atoms. The number of carboxylic acids is 1. The lowest BCUT2D eigenvalue weighted by molar-refractivity contribution is 0.0696. The molecule has 0 amide bonds. The third-order valence-corrected chi connectivity index (χ3v) is 3.56. The van der Waals surface area contributed by atoms with Crippen LogP contribution in [0.1, 0.15) is 15.9 Å². The molecule has 1 aromatic heterocycles. The molecule has 6 heteroatoms. The molecule has 0 saturated heterocycles. The van der Waals surface area contributed by atoms with E-state index in [0.717, 1.165) is 10.0 Å². The summed E-state index contributed by atoms with van der Waals surface area (Å²) in [7, 11) is 0. The van der Waals surface area contributed by atoms with E-state index in [1.165, 1.54) is 12.3 Å². The van der Waals surface area contributed by atoms with Gasteiger partial charge in [-0.25, -0.2) is 9.78 Å². The molecule has 0 bridgehead atoms. The summed E-state index contributed by atoms with van der Waals surface area (Å²) in [6, 6.07) is 6.75. The third kappa shape index (κ3) is 3.24. The van der Waals surface area contributed by atoms with E-state index in [2.05, 4.69) is 20.9 Å². The van der Waals surface area contributed by atoms with E-state index in [0.29, 0.717) is 5.75 Å². The molecule has 0 saturated carbocycles. The molecule has 0 atom stereocenters. The molecule has 0 aliphatic rings. The van der Waals surface area contributed by atoms with Crippen molar-refractivity contribution in [1.82, 2.24) is 4.98 Å². The highest BCUT2D eigenvalue weighted by molar-refractivity contribution is 9.10. The SMILES string of the molecule is Cc1cc(Oc2ncc(C(=O)O)cc2Cl)ccc1Br. The summed E-state index contributed by atoms with van der Waals surface area (Å²) in [5, 5.41) is 8.97. The lowest BCUT2D eigenvalue weighted by Gasteiger charge is -2.08. The van der Waals surface area contributed by atoms with E-state index < -0.39 is 5.97 Å². The van der Waals surface area contributed by atoms with E-state index in [-0.39, 0.29) is 16.5 Å². The van der Waals surface area contributed by atoms with Crippen LogP contribution in [0, 0.1) is 6.92 Å². The highest BCUT2D eigenvalue weighted by Crippen LogP contribution is 2.29. The zero-order valence-electron chi connectivity index (χ0n) is 9.85. The number of hydrogen-bond acceptors (Lipinski definition) is 3. The Morgan fingerprint density at radius 1 is 1.42 bits per heavy atom. The van der Waals surface area contributed by atoms with Crippen molar-refractivity contribution in [1.29, 1.82) is 0 Å². The van der Waals surface area contributed by atoms with Crippen LogP contribution in [0.2, 0.25) is 5.02 Å². The van der Waals surface area contributed by atoms with Gasteiger partial charge < -0.3 is 9.84 Å². The Hall–Kier alpha value is -1.59. The summed E-state index contributed by atoms with van der Waals surface area (Å²) in [6.07, 6.45) is 1.20. The van der Waals surface area contributed by atoms with E-state index in [4.69, 9.17) is 21.4 Å². The first-order valence-corrected chi connectivity index (χ1v) is 6.47. The van der Waals surface area contributed by atoms with Crippen molar-refractivity contribution in [2.75, 3.05) is 0 Å². The molecule has 0 fully saturated rings. The number of aryl methyl sites for hydroxylation is 1. The molecule has 0 unspecified atom stereocenters. The van der Waals surface area contributed by atoms with Gasteiger partial charge in [0.05, 0.1) is 5.56 Å². The normalized spacial score (nSPS) is 10.3. The predicted molar refractivity (Wildman–Crippen MR) is 75.2 cm³/mol. The van der Waals surface area contributed by atoms with Gasteiger partial charge in [0.15, 0.2) is 0 Å². The molecule has 1 N–H and O–H groups in total. The molecular formula is C13H9BrClNO3. The number of aromatic carboxylic acids is 1. The number of rotatable bonds is 3. The average Bonchev–Trinajstić information content (AvgIpc) is 2.36. The van der Waals surface area contributed by atoms with E-state index in [9.17, 15) is 4.79 Å². The van der Waals surface area contributed by atoms with E-state index in [1.54, 1.807) is 6.07 Å². The van der Waals surface area contributed by atoms with Crippen molar-refractivity contribution in [3.05, 3.63) is 51.1 Å². The fraction of sp³-hybridized carbons (Fsp3) is 0.0769. The minimum Gasteiger partial charge on any atom is -0.478 e. The van der Waals surface area contributed by atoms with Crippen molar-refractivity contribution in [2.24, 2.45) is 0 Å². The van der Waals surface area contributed by atoms with Crippen LogP contribution in [-0.4, -0.2) is 16.1 Å². The van der Waals surface area contributed by atoms with Crippen LogP contribution in [0.3, 0.4) is 0 Å². The zero-order valence-corrected chi connectivity index (χ0v) is 12.2. The number of carboxylic acid groups (broad SMARTS) is 1. The molecule has 0 aliphatic carbocycles. The van der Waals surface area contributed by atoms with Crippen LogP contribution >= 0.6 is 27.5 Å². The van der Waals surface area contributed by atoms with Crippen LogP contribution in [0.5, 0.6) is 11.6 Å². The Kier molecular flexibility index (Phi) is 4.07. The summed E-state index contributed by atoms with van der Waals surface area (Å²) in [4.78, 5) is 14.7. The fourth-order valence-corrected chi connectivity index (χ4v) is 1.86. The number of benzene rings is 1. The number of hydrogen-bond donors (Lipinski definition) is 1. The number of halogens is 2. The molecule has 0 spiro atoms. The average molecular weight is 343 g/mol. The van der Waals surface area contributed by atoms with Crippen LogP contribution in [-0.2, 0) is 0 Å². The molecule has 1 aromatic carbocycles. The Morgan fingerprint density at radius 2 is 2.16 bits per heavy atom. The maximum atomic E-state index is 10.8. The second kappa shape index (κ2) is 5.59. The minimum absolute atomic E-state index is 0.0179. The predicted octanol–water partition coefficient (Wildman–Crippen LogP) is 4.30. The van der Waals surface area contributed by atoms with Gasteiger partial charge in [-0.15, -0.1) is 0 Å². The summed E-state index contributed by atoms with van der Waals surface area (Å²) in [5.41, 5.74) is 1.03. The Morgan fingerprint density at radius 3 is 2.74 bits per heavy atom. The lowest BCUT2D eigenvalue weighted by Crippen LogP contribution is -1.98. The number of nitrogens with zero attached hydrogens (tertiary/aromatic N) is 1. The van der Waals surface area contributed by atoms with Crippen molar-refractivity contribution in [3.63, 3.8) is 0 Å². The summed E-state index contributed by atoms with van der Waals surface area (Å²) < 4.78 is 6.50. The standard InChI is InChI=1S/C13H9BrClNO3/c1-7-4-9(2-3-10(7)14)19-12-11(15)5-8(6-16-12)13(17)18/h2-6H,1H3,(H,17,18). The minimum atomic E-state index is -1.08. The number of ether oxygens (including phenoxy) is 1. The van der Waals surface area contributed by atoms with Crippen molar-refractivity contribution >= 4 is 33.5 Å². The number of carbonyl (C=O) groups is 1. The van der Waals surface area contributed by atoms with Crippen molar-refractivity contribution in [3.8, 4) is 11.6 Å². The van der Waals surface area contributed by atoms with E-state index >= 15 is 0 Å². The number of aromatic nitrogens is 1. The molecule has 4 nitrogen and oxygen atoms in total. The van der Waals surface area contributed by atoms with Gasteiger partial charge in [-0.2, -0.15) is 0 Å². The largest absolute Gasteiger partial charge is 0.478 e. The summed E-state index contributed by atoms with van der Waals surface area (Å²) in [6.45, 7) is 1.93. The molecule has 1 heterocycles. The Labute approximate surface area is 123 Å². The van der Waals surface area contributed by atoms with Crippen LogP contribution in [0.15, 0.2) is 34.9 Å². The van der Waals surface area contributed by atoms with Gasteiger partial charge >= 0.3 is 5.97 Å². The second-order valence-corrected chi connectivity index (χ2v) is 5.09. The Balaban J connectivity index is 2.28. The first-order chi connectivity index (χ1) is 8.97. The maximum Gasteiger partial charge on any atom is 0.337 e. The van der Waals surface area contributed by atoms with Crippen LogP contribution in [0.4, 0.5) is 0 Å². The monoisotopic (exact) mass is 341 g/mol. The number of pyridine rings is 1. The van der Waals surface area contributed by atoms with Crippen molar-refractivity contribution in [2.45, 2.75) is 6.92 Å². The summed E-state index contributed by atoms with van der Waals surface area (Å²) in [5.74, 6) is -0.327. The van der Waals surface area contributed by atoms with Crippen LogP contribution in [0.25, 0.3) is 0 Å². The quantitative estimate of drug-likeness (QED) is 0.903. The zero-order chi connectivity index (χ0) is 14.0. The smallest absolute Gasteiger partial charge is 0.337 e. The van der Waals surface area contributed by atoms with Gasteiger partial charge in [0.1, 0.15) is 10.8 Å². The topological polar surface area (TPSA) is 59.4 Å². The second-order valence-electron chi connectivity index (χ2n) is 3.83. The molecule has 98 valence electrons. The van der Waals surface area contributed by atoms with Gasteiger partial charge in [0, 0.05) is 10.7 Å². The third-order valence-electron chi connectivity index (χ3n) is 2.40. The van der Waals surface area contributed by atoms with Gasteiger partial charge in [-0.3, -0.25) is 0 Å². The molecule has 2 rings (SSSR count). The molecular weight excluding hydrogens is 334 g/mol. The van der Waals surface area contributed by atoms with E-state index in [1.807, 2.05) is 19.1 Å². The molecule has 2 aromatic rings. The van der Waals surface area contributed by atoms with Crippen LogP contribution < -0.4 is 4.74 Å². The highest BCUT2D eigenvalue weighted by atomic mass is 79.9. The van der Waals surface area contributed by atoms with Crippen molar-refractivity contribution < 1.29 is 14.6 Å². The maximum absolute atomic E-state index is 10.8. The molecule has 0 aliphatic heterocycles. The fourth-order valence-electron chi connectivity index (χ4n) is 1.41. The van der Waals surface area contributed by atoms with Gasteiger partial charge in [0.2, 0.25) is 5.88 Å².